The van der Waals surface area contributed by atoms with Crippen LogP contribution >= 0.6 is 11.8 Å². The van der Waals surface area contributed by atoms with E-state index in [-0.39, 0.29) is 23.7 Å². The van der Waals surface area contributed by atoms with Crippen molar-refractivity contribution in [2.75, 3.05) is 12.4 Å². The van der Waals surface area contributed by atoms with Gasteiger partial charge in [0, 0.05) is 27.9 Å². The molecule has 7 heteroatoms. The number of ketones is 1. The molecule has 1 amide bonds. The van der Waals surface area contributed by atoms with E-state index in [1.165, 1.54) is 11.8 Å². The highest BCUT2D eigenvalue weighted by atomic mass is 32.2. The lowest BCUT2D eigenvalue weighted by Crippen LogP contribution is -2.30. The molecule has 0 spiro atoms. The Hall–Kier alpha value is -4.23. The van der Waals surface area contributed by atoms with E-state index in [2.05, 4.69) is 24.1 Å². The third-order valence-electron chi connectivity index (χ3n) is 6.43. The van der Waals surface area contributed by atoms with Crippen LogP contribution in [0.3, 0.4) is 0 Å². The summed E-state index contributed by atoms with van der Waals surface area (Å²) in [5, 5.41) is 3.55. The summed E-state index contributed by atoms with van der Waals surface area (Å²) in [6.45, 7) is 4.15. The van der Waals surface area contributed by atoms with E-state index >= 15 is 0 Å². The number of carbonyl (C=O) groups excluding carboxylic acids is 2. The first-order valence-electron chi connectivity index (χ1n) is 12.7. The molecule has 0 bridgehead atoms. The van der Waals surface area contributed by atoms with Gasteiger partial charge in [-0.05, 0) is 74.4 Å². The third kappa shape index (κ3) is 6.26. The fourth-order valence-electron chi connectivity index (χ4n) is 4.64. The van der Waals surface area contributed by atoms with E-state index in [0.717, 1.165) is 33.9 Å². The molecule has 39 heavy (non-hydrogen) atoms. The van der Waals surface area contributed by atoms with Gasteiger partial charge in [-0.3, -0.25) is 14.6 Å². The molecule has 0 fully saturated rings. The highest BCUT2D eigenvalue weighted by Crippen LogP contribution is 2.32. The highest BCUT2D eigenvalue weighted by Gasteiger charge is 2.28. The first-order chi connectivity index (χ1) is 18.8. The van der Waals surface area contributed by atoms with Crippen molar-refractivity contribution < 1.29 is 14.3 Å². The van der Waals surface area contributed by atoms with Gasteiger partial charge in [0.1, 0.15) is 10.8 Å². The van der Waals surface area contributed by atoms with Crippen LogP contribution in [0.2, 0.25) is 0 Å². The summed E-state index contributed by atoms with van der Waals surface area (Å²) in [6, 6.07) is 26.2. The average Bonchev–Trinajstić information content (AvgIpc) is 2.93. The van der Waals surface area contributed by atoms with Gasteiger partial charge < -0.3 is 10.1 Å². The Balaban J connectivity index is 1.34. The molecule has 1 aliphatic heterocycles. The van der Waals surface area contributed by atoms with E-state index < -0.39 is 0 Å². The summed E-state index contributed by atoms with van der Waals surface area (Å²) in [6.07, 6.45) is 2.62. The number of fused-ring (bicyclic) bond motifs is 1. The van der Waals surface area contributed by atoms with Crippen molar-refractivity contribution in [2.45, 2.75) is 42.1 Å². The molecule has 1 aromatic heterocycles. The zero-order valence-electron chi connectivity index (χ0n) is 22.1. The minimum atomic E-state index is -0.299. The van der Waals surface area contributed by atoms with Crippen LogP contribution in [0.4, 0.5) is 5.69 Å². The maximum atomic E-state index is 13.4. The van der Waals surface area contributed by atoms with E-state index in [1.807, 2.05) is 48.5 Å². The Labute approximate surface area is 232 Å². The Morgan fingerprint density at radius 2 is 1.79 bits per heavy atom. The second kappa shape index (κ2) is 11.3. The van der Waals surface area contributed by atoms with Gasteiger partial charge in [0.25, 0.3) is 5.91 Å². The summed E-state index contributed by atoms with van der Waals surface area (Å²) >= 11 is 1.43. The van der Waals surface area contributed by atoms with Crippen LogP contribution in [0.15, 0.2) is 106 Å². The number of benzene rings is 3. The standard InChI is InChI=1S/C32H29N3O3S/c1-32(2)20-22-14-15-24(38-3)18-27(22)28(35-32)19-29(36)21-9-7-10-23(17-21)34-30(37)26-13-8-16-33-31(26)39-25-11-5-4-6-12-25/h4-18H,19-20H2,1-3H3,(H,34,37). The predicted octanol–water partition coefficient (Wildman–Crippen LogP) is 6.89. The van der Waals surface area contributed by atoms with Crippen LogP contribution in [0, 0.1) is 0 Å². The van der Waals surface area contributed by atoms with Crippen LogP contribution < -0.4 is 10.1 Å². The summed E-state index contributed by atoms with van der Waals surface area (Å²) < 4.78 is 5.41. The number of aliphatic imine (C=N–C) groups is 1. The number of amides is 1. The molecule has 3 aromatic carbocycles. The number of ether oxygens (including phenoxy) is 1. The molecular formula is C32H29N3O3S. The van der Waals surface area contributed by atoms with Crippen molar-refractivity contribution in [3.05, 3.63) is 113 Å². The number of hydrogen-bond donors (Lipinski definition) is 1. The zero-order valence-corrected chi connectivity index (χ0v) is 22.9. The van der Waals surface area contributed by atoms with Gasteiger partial charge in [-0.15, -0.1) is 0 Å². The minimum Gasteiger partial charge on any atom is -0.497 e. The molecule has 1 N–H and O–H groups in total. The smallest absolute Gasteiger partial charge is 0.258 e. The molecule has 0 unspecified atom stereocenters. The van der Waals surface area contributed by atoms with Crippen LogP contribution in [0.5, 0.6) is 5.75 Å². The Morgan fingerprint density at radius 3 is 2.59 bits per heavy atom. The van der Waals surface area contributed by atoms with Crippen molar-refractivity contribution in [3.8, 4) is 5.75 Å². The van der Waals surface area contributed by atoms with Crippen molar-refractivity contribution >= 4 is 34.9 Å². The van der Waals surface area contributed by atoms with Crippen molar-refractivity contribution in [1.82, 2.24) is 4.98 Å². The first-order valence-corrected chi connectivity index (χ1v) is 13.5. The fraction of sp³-hybridized carbons (Fsp3) is 0.188. The van der Waals surface area contributed by atoms with Gasteiger partial charge in [0.2, 0.25) is 0 Å². The molecule has 0 radical (unpaired) electrons. The molecular weight excluding hydrogens is 506 g/mol. The minimum absolute atomic E-state index is 0.0713. The molecule has 6 nitrogen and oxygen atoms in total. The summed E-state index contributed by atoms with van der Waals surface area (Å²) in [5.74, 6) is 0.377. The quantitative estimate of drug-likeness (QED) is 0.249. The molecule has 196 valence electrons. The largest absolute Gasteiger partial charge is 0.497 e. The number of anilines is 1. The van der Waals surface area contributed by atoms with Crippen LogP contribution in [-0.2, 0) is 6.42 Å². The molecule has 5 rings (SSSR count). The van der Waals surface area contributed by atoms with Gasteiger partial charge in [-0.25, -0.2) is 4.98 Å². The first kappa shape index (κ1) is 26.4. The molecule has 0 atom stereocenters. The van der Waals surface area contributed by atoms with Gasteiger partial charge >= 0.3 is 0 Å². The maximum Gasteiger partial charge on any atom is 0.258 e. The van der Waals surface area contributed by atoms with E-state index in [4.69, 9.17) is 9.73 Å². The van der Waals surface area contributed by atoms with E-state index in [1.54, 1.807) is 49.7 Å². The number of nitrogens with zero attached hydrogens (tertiary/aromatic N) is 2. The van der Waals surface area contributed by atoms with Crippen molar-refractivity contribution in [2.24, 2.45) is 4.99 Å². The molecule has 2 heterocycles. The van der Waals surface area contributed by atoms with E-state index in [9.17, 15) is 9.59 Å². The normalized spacial score (nSPS) is 13.7. The van der Waals surface area contributed by atoms with Crippen LogP contribution in [0.25, 0.3) is 0 Å². The average molecular weight is 536 g/mol. The summed E-state index contributed by atoms with van der Waals surface area (Å²) in [5.41, 5.74) is 4.06. The maximum absolute atomic E-state index is 13.4. The number of rotatable bonds is 8. The highest BCUT2D eigenvalue weighted by molar-refractivity contribution is 7.99. The molecule has 1 aliphatic rings. The predicted molar refractivity (Wildman–Crippen MR) is 155 cm³/mol. The number of pyridine rings is 1. The lowest BCUT2D eigenvalue weighted by Gasteiger charge is -2.29. The molecule has 0 aliphatic carbocycles. The SMILES string of the molecule is COc1ccc2c(c1)C(CC(=O)c1cccc(NC(=O)c3cccnc3Sc3ccccc3)c1)=NC(C)(C)C2. The number of aromatic nitrogens is 1. The van der Waals surface area contributed by atoms with Gasteiger partial charge in [0.05, 0.1) is 30.3 Å². The molecule has 0 saturated carbocycles. The van der Waals surface area contributed by atoms with Gasteiger partial charge in [-0.2, -0.15) is 0 Å². The Bertz CT molecular complexity index is 1560. The molecule has 4 aromatic rings. The number of Topliss-reactive ketones (excluding diaryl/α,β-unsaturated/α-hetero) is 1. The zero-order chi connectivity index (χ0) is 27.4. The van der Waals surface area contributed by atoms with Crippen molar-refractivity contribution in [3.63, 3.8) is 0 Å². The Morgan fingerprint density at radius 1 is 0.974 bits per heavy atom. The Kier molecular flexibility index (Phi) is 7.61. The fourth-order valence-corrected chi connectivity index (χ4v) is 5.54. The molecule has 0 saturated heterocycles. The van der Waals surface area contributed by atoms with E-state index in [0.29, 0.717) is 21.8 Å². The van der Waals surface area contributed by atoms with Crippen LogP contribution in [0.1, 0.15) is 52.1 Å². The summed E-state index contributed by atoms with van der Waals surface area (Å²) in [7, 11) is 1.63. The third-order valence-corrected chi connectivity index (χ3v) is 7.46. The van der Waals surface area contributed by atoms with Crippen molar-refractivity contribution in [1.29, 1.82) is 0 Å². The topological polar surface area (TPSA) is 80.6 Å². The van der Waals surface area contributed by atoms with Gasteiger partial charge in [-0.1, -0.05) is 48.2 Å². The number of hydrogen-bond acceptors (Lipinski definition) is 6. The lowest BCUT2D eigenvalue weighted by atomic mass is 9.85. The van der Waals surface area contributed by atoms with Crippen LogP contribution in [-0.4, -0.2) is 35.0 Å². The number of nitrogens with one attached hydrogen (secondary N) is 1. The number of methoxy groups -OCH3 is 1. The lowest BCUT2D eigenvalue weighted by molar-refractivity contribution is 0.0996. The second-order valence-electron chi connectivity index (χ2n) is 9.98. The second-order valence-corrected chi connectivity index (χ2v) is 11.0. The monoisotopic (exact) mass is 535 g/mol. The summed E-state index contributed by atoms with van der Waals surface area (Å²) in [4.78, 5) is 36.9. The number of carbonyl (C=O) groups is 2. The van der Waals surface area contributed by atoms with Gasteiger partial charge in [0.15, 0.2) is 5.78 Å².